The van der Waals surface area contributed by atoms with Gasteiger partial charge in [-0.1, -0.05) is 67.3 Å². The standard InChI is InChI=1S/C34H45ClN8O/c1-42-31(39-40-41-42)23-34(26-8-3-2-4-9-26)16-19-43(20-17-34)33(36)30(21-24-11-13-27(35)14-12-24)38-32(44)22-29-28-10-6-5-7-25(28)15-18-37-29/h5-7,10-14,26,29-30,36-37H,2-4,8-9,15-23H2,1H3,(H,38,44)/t29?,30-/m1/s1. The van der Waals surface area contributed by atoms with Crippen molar-refractivity contribution in [2.75, 3.05) is 19.6 Å². The van der Waals surface area contributed by atoms with E-state index in [1.165, 1.54) is 43.2 Å². The van der Waals surface area contributed by atoms with Crippen molar-refractivity contribution in [3.8, 4) is 0 Å². The molecule has 1 amide bonds. The van der Waals surface area contributed by atoms with Gasteiger partial charge in [0.05, 0.1) is 6.04 Å². The fourth-order valence-corrected chi connectivity index (χ4v) is 7.98. The molecule has 2 aromatic carbocycles. The minimum atomic E-state index is -0.423. The van der Waals surface area contributed by atoms with Crippen molar-refractivity contribution < 1.29 is 4.79 Å². The average Bonchev–Trinajstić information content (AvgIpc) is 3.45. The first-order chi connectivity index (χ1) is 21.4. The Morgan fingerprint density at radius 2 is 1.86 bits per heavy atom. The summed E-state index contributed by atoms with van der Waals surface area (Å²) < 4.78 is 1.82. The Hall–Kier alpha value is -3.30. The molecule has 2 aliphatic heterocycles. The van der Waals surface area contributed by atoms with E-state index in [0.29, 0.717) is 29.6 Å². The Bertz CT molecular complexity index is 1430. The highest BCUT2D eigenvalue weighted by Gasteiger charge is 2.43. The molecule has 1 aromatic heterocycles. The Morgan fingerprint density at radius 3 is 2.59 bits per heavy atom. The molecule has 1 aliphatic carbocycles. The quantitative estimate of drug-likeness (QED) is 0.229. The number of amides is 1. The fourth-order valence-electron chi connectivity index (χ4n) is 7.86. The monoisotopic (exact) mass is 616 g/mol. The number of carbonyl (C=O) groups is 1. The lowest BCUT2D eigenvalue weighted by Gasteiger charge is -2.49. The predicted molar refractivity (Wildman–Crippen MR) is 173 cm³/mol. The minimum absolute atomic E-state index is 0.0217. The lowest BCUT2D eigenvalue weighted by Crippen LogP contribution is -2.54. The van der Waals surface area contributed by atoms with Gasteiger partial charge in [-0.15, -0.1) is 5.10 Å². The number of nitrogens with zero attached hydrogens (tertiary/aromatic N) is 5. The number of amidine groups is 1. The molecule has 0 bridgehead atoms. The number of nitrogens with one attached hydrogen (secondary N) is 3. The van der Waals surface area contributed by atoms with E-state index in [1.807, 2.05) is 42.1 Å². The van der Waals surface area contributed by atoms with Crippen LogP contribution in [0.5, 0.6) is 0 Å². The van der Waals surface area contributed by atoms with E-state index in [2.05, 4.69) is 49.3 Å². The molecule has 0 radical (unpaired) electrons. The SMILES string of the molecule is Cn1nnnc1CC1(C2CCCCC2)CCN(C(=N)[C@@H](Cc2ccc(Cl)cc2)NC(=O)CC2NCCc3ccccc32)CC1. The second-order valence-electron chi connectivity index (χ2n) is 13.1. The van der Waals surface area contributed by atoms with Crippen LogP contribution in [0.25, 0.3) is 0 Å². The second kappa shape index (κ2) is 13.8. The van der Waals surface area contributed by atoms with Crippen molar-refractivity contribution in [3.05, 3.63) is 76.1 Å². The lowest BCUT2D eigenvalue weighted by molar-refractivity contribution is -0.122. The summed E-state index contributed by atoms with van der Waals surface area (Å²) in [4.78, 5) is 15.8. The summed E-state index contributed by atoms with van der Waals surface area (Å²) >= 11 is 6.18. The molecule has 3 aromatic rings. The van der Waals surface area contributed by atoms with E-state index in [9.17, 15) is 10.2 Å². The van der Waals surface area contributed by atoms with Crippen molar-refractivity contribution >= 4 is 23.3 Å². The van der Waals surface area contributed by atoms with Gasteiger partial charge in [-0.2, -0.15) is 0 Å². The first-order valence-corrected chi connectivity index (χ1v) is 16.7. The van der Waals surface area contributed by atoms with E-state index < -0.39 is 6.04 Å². The number of hydrogen-bond acceptors (Lipinski definition) is 6. The van der Waals surface area contributed by atoms with Crippen molar-refractivity contribution in [1.29, 1.82) is 5.41 Å². The largest absolute Gasteiger partial charge is 0.359 e. The van der Waals surface area contributed by atoms with Crippen LogP contribution in [0.1, 0.15) is 79.9 Å². The van der Waals surface area contributed by atoms with Gasteiger partial charge in [0.25, 0.3) is 0 Å². The maximum Gasteiger partial charge on any atom is 0.222 e. The Labute approximate surface area is 265 Å². The third-order valence-electron chi connectivity index (χ3n) is 10.4. The highest BCUT2D eigenvalue weighted by atomic mass is 35.5. The maximum absolute atomic E-state index is 13.6. The molecule has 1 saturated carbocycles. The molecular formula is C34H45ClN8O. The molecule has 1 saturated heterocycles. The van der Waals surface area contributed by atoms with Crippen molar-refractivity contribution in [2.24, 2.45) is 18.4 Å². The van der Waals surface area contributed by atoms with Gasteiger partial charge in [-0.05, 0) is 95.7 Å². The Kier molecular flexibility index (Phi) is 9.62. The molecule has 0 spiro atoms. The number of tetrazole rings is 1. The van der Waals surface area contributed by atoms with Gasteiger partial charge in [0, 0.05) is 44.0 Å². The highest BCUT2D eigenvalue weighted by Crippen LogP contribution is 2.47. The summed E-state index contributed by atoms with van der Waals surface area (Å²) in [5.41, 5.74) is 3.69. The van der Waals surface area contributed by atoms with Gasteiger partial charge in [0.15, 0.2) is 5.82 Å². The molecule has 1 unspecified atom stereocenters. The molecule has 3 heterocycles. The van der Waals surface area contributed by atoms with Gasteiger partial charge < -0.3 is 15.5 Å². The van der Waals surface area contributed by atoms with E-state index in [-0.39, 0.29) is 17.4 Å². The van der Waals surface area contributed by atoms with Crippen molar-refractivity contribution in [1.82, 2.24) is 35.7 Å². The van der Waals surface area contributed by atoms with Crippen molar-refractivity contribution in [3.63, 3.8) is 0 Å². The molecule has 3 N–H and O–H groups in total. The van der Waals surface area contributed by atoms with Crippen LogP contribution < -0.4 is 10.6 Å². The predicted octanol–water partition coefficient (Wildman–Crippen LogP) is 5.05. The minimum Gasteiger partial charge on any atom is -0.359 e. The number of fused-ring (bicyclic) bond motifs is 1. The van der Waals surface area contributed by atoms with E-state index in [0.717, 1.165) is 56.7 Å². The molecule has 10 heteroatoms. The van der Waals surface area contributed by atoms with Crippen LogP contribution in [-0.4, -0.2) is 62.5 Å². The first kappa shape index (κ1) is 30.7. The Morgan fingerprint density at radius 1 is 1.11 bits per heavy atom. The van der Waals surface area contributed by atoms with Crippen LogP contribution in [0, 0.1) is 16.7 Å². The number of hydrogen-bond donors (Lipinski definition) is 3. The number of halogens is 1. The van der Waals surface area contributed by atoms with Gasteiger partial charge >= 0.3 is 0 Å². The van der Waals surface area contributed by atoms with Gasteiger partial charge in [0.1, 0.15) is 5.84 Å². The summed E-state index contributed by atoms with van der Waals surface area (Å²) in [5, 5.41) is 29.3. The van der Waals surface area contributed by atoms with Crippen LogP contribution in [0.3, 0.4) is 0 Å². The second-order valence-corrected chi connectivity index (χ2v) is 13.5. The van der Waals surface area contributed by atoms with Crippen LogP contribution >= 0.6 is 11.6 Å². The number of piperidine rings is 1. The van der Waals surface area contributed by atoms with Crippen LogP contribution in [0.4, 0.5) is 0 Å². The van der Waals surface area contributed by atoms with Gasteiger partial charge in [-0.25, -0.2) is 4.68 Å². The van der Waals surface area contributed by atoms with Gasteiger partial charge in [-0.3, -0.25) is 10.2 Å². The molecule has 9 nitrogen and oxygen atoms in total. The van der Waals surface area contributed by atoms with Crippen molar-refractivity contribution in [2.45, 2.75) is 82.7 Å². The normalized spacial score (nSPS) is 21.0. The molecule has 2 fully saturated rings. The van der Waals surface area contributed by atoms with Crippen LogP contribution in [0.2, 0.25) is 5.02 Å². The lowest BCUT2D eigenvalue weighted by atomic mass is 9.62. The van der Waals surface area contributed by atoms with E-state index >= 15 is 0 Å². The third-order valence-corrected chi connectivity index (χ3v) is 10.7. The molecule has 3 aliphatic rings. The number of benzene rings is 2. The third kappa shape index (κ3) is 6.99. The molecule has 234 valence electrons. The summed E-state index contributed by atoms with van der Waals surface area (Å²) in [6.45, 7) is 2.45. The van der Waals surface area contributed by atoms with Crippen LogP contribution in [0.15, 0.2) is 48.5 Å². The number of carbonyl (C=O) groups excluding carboxylic acids is 1. The average molecular weight is 617 g/mol. The van der Waals surface area contributed by atoms with E-state index in [1.54, 1.807) is 0 Å². The first-order valence-electron chi connectivity index (χ1n) is 16.3. The molecular weight excluding hydrogens is 572 g/mol. The molecule has 6 rings (SSSR count). The summed E-state index contributed by atoms with van der Waals surface area (Å²) in [7, 11) is 1.93. The zero-order chi connectivity index (χ0) is 30.5. The molecule has 44 heavy (non-hydrogen) atoms. The van der Waals surface area contributed by atoms with E-state index in [4.69, 9.17) is 11.6 Å². The highest BCUT2D eigenvalue weighted by molar-refractivity contribution is 6.30. The summed E-state index contributed by atoms with van der Waals surface area (Å²) in [6, 6.07) is 15.7. The van der Waals surface area contributed by atoms with Gasteiger partial charge in [0.2, 0.25) is 5.91 Å². The topological polar surface area (TPSA) is 112 Å². The number of aromatic nitrogens is 4. The number of likely N-dealkylation sites (tertiary alicyclic amines) is 1. The summed E-state index contributed by atoms with van der Waals surface area (Å²) in [5.74, 6) is 2.05. The smallest absolute Gasteiger partial charge is 0.222 e. The maximum atomic E-state index is 13.6. The summed E-state index contributed by atoms with van der Waals surface area (Å²) in [6.07, 6.45) is 11.2. The Balaban J connectivity index is 1.17. The number of rotatable bonds is 9. The van der Waals surface area contributed by atoms with Crippen LogP contribution in [-0.2, 0) is 31.1 Å². The number of aryl methyl sites for hydroxylation is 1. The fraction of sp³-hybridized carbons (Fsp3) is 0.559. The molecule has 2 atom stereocenters. The zero-order valence-corrected chi connectivity index (χ0v) is 26.5. The zero-order valence-electron chi connectivity index (χ0n) is 25.8.